The Hall–Kier alpha value is -3.24. The molecule has 0 bridgehead atoms. The number of nitrogens with one attached hydrogen (secondary N) is 2. The number of aromatic nitrogens is 1. The van der Waals surface area contributed by atoms with Gasteiger partial charge in [0.25, 0.3) is 15.9 Å². The molecular formula is C34H34Cl2F3N5O4S2. The summed E-state index contributed by atoms with van der Waals surface area (Å²) in [4.78, 5) is 20.8. The number of ether oxygens (including phenoxy) is 1. The highest BCUT2D eigenvalue weighted by Crippen LogP contribution is 2.46. The summed E-state index contributed by atoms with van der Waals surface area (Å²) in [6, 6.07) is 16.0. The van der Waals surface area contributed by atoms with E-state index in [-0.39, 0.29) is 48.3 Å². The first kappa shape index (κ1) is 36.5. The van der Waals surface area contributed by atoms with Crippen LogP contribution in [-0.4, -0.2) is 61.3 Å². The van der Waals surface area contributed by atoms with Crippen LogP contribution in [0.25, 0.3) is 0 Å². The SMILES string of the molecule is CCOc1cc(C(F)(F)F)ccc1C1(C(=O)N2CCN(S(=O)(=O)c3sc(C)nc3C)CC2)NC(c2ccc(Cl)cc2)C(c2ccc(Cl)cc2)N1. The van der Waals surface area contributed by atoms with Crippen LogP contribution in [0.15, 0.2) is 70.9 Å². The first-order chi connectivity index (χ1) is 23.6. The topological polar surface area (TPSA) is 104 Å². The van der Waals surface area contributed by atoms with Crippen LogP contribution in [0.3, 0.4) is 0 Å². The summed E-state index contributed by atoms with van der Waals surface area (Å²) >= 11 is 13.5. The predicted octanol–water partition coefficient (Wildman–Crippen LogP) is 6.85. The van der Waals surface area contributed by atoms with Crippen LogP contribution in [0.2, 0.25) is 10.0 Å². The average Bonchev–Trinajstić information content (AvgIpc) is 3.65. The summed E-state index contributed by atoms with van der Waals surface area (Å²) < 4.78 is 76.2. The Morgan fingerprint density at radius 1 is 0.940 bits per heavy atom. The molecular weight excluding hydrogens is 734 g/mol. The lowest BCUT2D eigenvalue weighted by Crippen LogP contribution is -2.62. The van der Waals surface area contributed by atoms with Crippen LogP contribution in [0.4, 0.5) is 13.2 Å². The average molecular weight is 769 g/mol. The minimum atomic E-state index is -4.66. The summed E-state index contributed by atoms with van der Waals surface area (Å²) in [6.45, 7) is 5.13. The number of hydrogen-bond acceptors (Lipinski definition) is 8. The van der Waals surface area contributed by atoms with E-state index in [0.29, 0.717) is 20.7 Å². The van der Waals surface area contributed by atoms with Crippen molar-refractivity contribution in [2.24, 2.45) is 0 Å². The van der Waals surface area contributed by atoms with Gasteiger partial charge in [0.2, 0.25) is 0 Å². The first-order valence-corrected chi connectivity index (χ1v) is 18.8. The molecule has 1 amide bonds. The molecule has 2 saturated heterocycles. The van der Waals surface area contributed by atoms with Gasteiger partial charge in [-0.3, -0.25) is 15.4 Å². The summed E-state index contributed by atoms with van der Waals surface area (Å²) in [7, 11) is -3.86. The molecule has 1 aromatic heterocycles. The number of aryl methyl sites for hydroxylation is 2. The number of amides is 1. The van der Waals surface area contributed by atoms with Gasteiger partial charge in [0.05, 0.1) is 35.0 Å². The van der Waals surface area contributed by atoms with Crippen molar-refractivity contribution in [1.82, 2.24) is 24.8 Å². The molecule has 16 heteroatoms. The predicted molar refractivity (Wildman–Crippen MR) is 186 cm³/mol. The Labute approximate surface area is 302 Å². The van der Waals surface area contributed by atoms with Gasteiger partial charge in [-0.1, -0.05) is 53.5 Å². The van der Waals surface area contributed by atoms with Gasteiger partial charge >= 0.3 is 6.18 Å². The van der Waals surface area contributed by atoms with Crippen molar-refractivity contribution in [2.75, 3.05) is 32.8 Å². The summed E-state index contributed by atoms with van der Waals surface area (Å²) in [5, 5.41) is 8.58. The van der Waals surface area contributed by atoms with Crippen molar-refractivity contribution in [3.05, 3.63) is 110 Å². The second-order valence-electron chi connectivity index (χ2n) is 12.0. The Bertz CT molecular complexity index is 1930. The minimum Gasteiger partial charge on any atom is -0.493 e. The van der Waals surface area contributed by atoms with E-state index in [1.54, 1.807) is 45.0 Å². The molecule has 2 aliphatic heterocycles. The van der Waals surface area contributed by atoms with Crippen LogP contribution in [0, 0.1) is 13.8 Å². The van der Waals surface area contributed by atoms with Gasteiger partial charge in [-0.15, -0.1) is 11.3 Å². The van der Waals surface area contributed by atoms with Gasteiger partial charge in [0.15, 0.2) is 9.87 Å². The van der Waals surface area contributed by atoms with Crippen molar-refractivity contribution in [2.45, 2.75) is 48.9 Å². The number of carbonyl (C=O) groups excluding carboxylic acids is 1. The van der Waals surface area contributed by atoms with Gasteiger partial charge in [0.1, 0.15) is 5.75 Å². The maximum Gasteiger partial charge on any atom is 0.416 e. The van der Waals surface area contributed by atoms with Crippen molar-refractivity contribution >= 4 is 50.5 Å². The number of piperazine rings is 1. The normalized spacial score (nSPS) is 21.8. The van der Waals surface area contributed by atoms with Gasteiger partial charge in [-0.05, 0) is 68.3 Å². The van der Waals surface area contributed by atoms with Crippen molar-refractivity contribution in [3.63, 3.8) is 0 Å². The lowest BCUT2D eigenvalue weighted by Gasteiger charge is -2.40. The summed E-state index contributed by atoms with van der Waals surface area (Å²) in [6.07, 6.45) is -4.66. The van der Waals surface area contributed by atoms with Crippen LogP contribution < -0.4 is 15.4 Å². The monoisotopic (exact) mass is 767 g/mol. The number of benzene rings is 3. The highest BCUT2D eigenvalue weighted by atomic mass is 35.5. The van der Waals surface area contributed by atoms with E-state index < -0.39 is 45.4 Å². The molecule has 3 heterocycles. The zero-order valence-corrected chi connectivity index (χ0v) is 30.4. The maximum absolute atomic E-state index is 15.0. The lowest BCUT2D eigenvalue weighted by molar-refractivity contribution is -0.141. The Morgan fingerprint density at radius 2 is 1.48 bits per heavy atom. The Morgan fingerprint density at radius 3 is 1.94 bits per heavy atom. The maximum atomic E-state index is 15.0. The molecule has 2 unspecified atom stereocenters. The molecule has 0 radical (unpaired) electrons. The number of halogens is 5. The van der Waals surface area contributed by atoms with E-state index in [2.05, 4.69) is 15.6 Å². The molecule has 2 N–H and O–H groups in total. The van der Waals surface area contributed by atoms with Gasteiger partial charge in [-0.2, -0.15) is 17.5 Å². The van der Waals surface area contributed by atoms with Crippen LogP contribution in [0.5, 0.6) is 5.75 Å². The highest BCUT2D eigenvalue weighted by Gasteiger charge is 2.55. The second kappa shape index (κ2) is 14.1. The molecule has 0 aliphatic carbocycles. The third-order valence-electron chi connectivity index (χ3n) is 8.83. The number of hydrogen-bond donors (Lipinski definition) is 2. The van der Waals surface area contributed by atoms with E-state index in [9.17, 15) is 21.6 Å². The van der Waals surface area contributed by atoms with E-state index >= 15 is 4.79 Å². The van der Waals surface area contributed by atoms with E-state index in [1.165, 1.54) is 15.3 Å². The largest absolute Gasteiger partial charge is 0.493 e. The summed E-state index contributed by atoms with van der Waals surface area (Å²) in [5.74, 6) is -0.630. The standard InChI is InChI=1S/C34H34Cl2F3N5O4S2/c1-4-48-28-19-24(34(37,38)39)9-14-27(28)33(32(45)43-15-17-44(18-16-43)50(46,47)31-20(2)40-21(3)49-31)41-29(22-5-10-25(35)11-6-22)30(42-33)23-7-12-26(36)13-8-23/h5-14,19,29-30,41-42H,4,15-18H2,1-3H3. The fourth-order valence-corrected chi connectivity index (χ4v) is 9.78. The zero-order valence-electron chi connectivity index (χ0n) is 27.2. The number of nitrogens with zero attached hydrogens (tertiary/aromatic N) is 3. The minimum absolute atomic E-state index is 0.00704. The molecule has 0 spiro atoms. The number of thiazole rings is 1. The molecule has 6 rings (SSSR count). The first-order valence-electron chi connectivity index (χ1n) is 15.8. The molecule has 266 valence electrons. The summed E-state index contributed by atoms with van der Waals surface area (Å²) in [5.41, 5.74) is -0.660. The van der Waals surface area contributed by atoms with Crippen molar-refractivity contribution in [1.29, 1.82) is 0 Å². The smallest absolute Gasteiger partial charge is 0.416 e. The van der Waals surface area contributed by atoms with Gasteiger partial charge < -0.3 is 9.64 Å². The Kier molecular flexibility index (Phi) is 10.3. The molecule has 2 fully saturated rings. The quantitative estimate of drug-likeness (QED) is 0.202. The third kappa shape index (κ3) is 6.99. The molecule has 4 aromatic rings. The third-order valence-corrected chi connectivity index (χ3v) is 12.9. The molecule has 2 aliphatic rings. The Balaban J connectivity index is 1.44. The van der Waals surface area contributed by atoms with Gasteiger partial charge in [-0.25, -0.2) is 13.4 Å². The highest BCUT2D eigenvalue weighted by molar-refractivity contribution is 7.91. The van der Waals surface area contributed by atoms with Crippen molar-refractivity contribution < 1.29 is 31.1 Å². The number of sulfonamides is 1. The molecule has 50 heavy (non-hydrogen) atoms. The molecule has 0 saturated carbocycles. The van der Waals surface area contributed by atoms with Crippen LogP contribution in [0.1, 0.15) is 52.0 Å². The van der Waals surface area contributed by atoms with E-state index in [1.807, 2.05) is 24.3 Å². The number of carbonyl (C=O) groups is 1. The molecule has 3 aromatic carbocycles. The van der Waals surface area contributed by atoms with E-state index in [0.717, 1.165) is 34.6 Å². The van der Waals surface area contributed by atoms with Crippen LogP contribution in [-0.2, 0) is 26.7 Å². The van der Waals surface area contributed by atoms with Crippen LogP contribution >= 0.6 is 34.5 Å². The fraction of sp³-hybridized carbons (Fsp3) is 0.353. The van der Waals surface area contributed by atoms with Gasteiger partial charge in [0, 0.05) is 41.8 Å². The zero-order chi connectivity index (χ0) is 36.0. The van der Waals surface area contributed by atoms with E-state index in [4.69, 9.17) is 27.9 Å². The second-order valence-corrected chi connectivity index (χ2v) is 16.3. The number of alkyl halides is 3. The fourth-order valence-electron chi connectivity index (χ4n) is 6.48. The number of rotatable bonds is 8. The lowest BCUT2D eigenvalue weighted by atomic mass is 9.94. The molecule has 2 atom stereocenters. The van der Waals surface area contributed by atoms with Crippen molar-refractivity contribution in [3.8, 4) is 5.75 Å². The molecule has 9 nitrogen and oxygen atoms in total.